The largest absolute Gasteiger partial charge is 0.513 e. The molecule has 0 radical (unpaired) electrons. The van der Waals surface area contributed by atoms with Gasteiger partial charge in [-0.05, 0) is 60.9 Å². The van der Waals surface area contributed by atoms with E-state index in [1.165, 1.54) is 46.8 Å². The number of hydrogen-bond donors (Lipinski definition) is 2. The Balaban J connectivity index is 1.14. The summed E-state index contributed by atoms with van der Waals surface area (Å²) in [6.45, 7) is 3.78. The zero-order valence-corrected chi connectivity index (χ0v) is 31.8. The summed E-state index contributed by atoms with van der Waals surface area (Å²) in [7, 11) is -4.29. The summed E-state index contributed by atoms with van der Waals surface area (Å²) in [5.74, 6) is 0.633. The summed E-state index contributed by atoms with van der Waals surface area (Å²) < 4.78 is 68.0. The van der Waals surface area contributed by atoms with Crippen LogP contribution in [0.25, 0.3) is 0 Å². The molecule has 6 rings (SSSR count). The Morgan fingerprint density at radius 3 is 2.55 bits per heavy atom. The fourth-order valence-corrected chi connectivity index (χ4v) is 8.48. The van der Waals surface area contributed by atoms with Crippen LogP contribution < -0.4 is 19.5 Å². The molecule has 3 aromatic carbocycles. The van der Waals surface area contributed by atoms with E-state index in [4.69, 9.17) is 33.2 Å². The Morgan fingerprint density at radius 1 is 1.05 bits per heavy atom. The Labute approximate surface area is 323 Å². The molecule has 17 nitrogen and oxygen atoms in total. The number of nitro benzene ring substituents is 1. The van der Waals surface area contributed by atoms with Gasteiger partial charge in [0, 0.05) is 31.3 Å². The number of rotatable bonds is 17. The smallest absolute Gasteiger partial charge is 0.454 e. The third-order valence-corrected chi connectivity index (χ3v) is 11.6. The lowest BCUT2D eigenvalue weighted by Crippen LogP contribution is -2.52. The second kappa shape index (κ2) is 17.8. The third-order valence-electron chi connectivity index (χ3n) is 9.75. The lowest BCUT2D eigenvalue weighted by atomic mass is 9.87. The molecule has 5 atom stereocenters. The number of aliphatic hydroxyl groups excluding tert-OH is 1. The summed E-state index contributed by atoms with van der Waals surface area (Å²) in [6.07, 6.45) is -2.58. The second-order valence-electron chi connectivity index (χ2n) is 14.5. The van der Waals surface area contributed by atoms with Crippen molar-refractivity contribution in [2.75, 3.05) is 39.7 Å². The number of ether oxygens (including phenoxy) is 7. The fraction of sp³-hybridized carbons (Fsp3) is 0.474. The number of nitrogens with one attached hydrogen (secondary N) is 1. The number of carbonyl (C=O) groups is 2. The molecule has 0 saturated carbocycles. The zero-order chi connectivity index (χ0) is 39.9. The summed E-state index contributed by atoms with van der Waals surface area (Å²) in [5.41, 5.74) is -0.0886. The summed E-state index contributed by atoms with van der Waals surface area (Å²) in [6, 6.07) is 17.4. The number of carbonyl (C=O) groups excluding carboxylic acids is 2. The Hall–Kier alpha value is -5.01. The number of alkyl carbamates (subject to hydrolysis) is 1. The molecular formula is C38H45N3O14S. The van der Waals surface area contributed by atoms with Crippen molar-refractivity contribution in [2.24, 2.45) is 11.3 Å². The van der Waals surface area contributed by atoms with Gasteiger partial charge < -0.3 is 43.6 Å². The van der Waals surface area contributed by atoms with Crippen LogP contribution in [0.3, 0.4) is 0 Å². The van der Waals surface area contributed by atoms with Crippen LogP contribution in [-0.4, -0.2) is 99.2 Å². The van der Waals surface area contributed by atoms with Crippen LogP contribution in [0.1, 0.15) is 38.7 Å². The molecule has 0 spiro atoms. The third kappa shape index (κ3) is 10.4. The normalized spacial score (nSPS) is 19.9. The van der Waals surface area contributed by atoms with Gasteiger partial charge in [-0.2, -0.15) is 4.31 Å². The molecule has 2 saturated heterocycles. The minimum absolute atomic E-state index is 0.0534. The zero-order valence-electron chi connectivity index (χ0n) is 30.9. The Bertz CT molecular complexity index is 1950. The van der Waals surface area contributed by atoms with E-state index in [1.54, 1.807) is 0 Å². The fourth-order valence-electron chi connectivity index (χ4n) is 6.82. The second-order valence-corrected chi connectivity index (χ2v) is 16.4. The van der Waals surface area contributed by atoms with Gasteiger partial charge in [0.25, 0.3) is 5.69 Å². The molecular weight excluding hydrogens is 754 g/mol. The maximum absolute atomic E-state index is 14.4. The van der Waals surface area contributed by atoms with Gasteiger partial charge in [0.05, 0.1) is 47.7 Å². The minimum Gasteiger partial charge on any atom is -0.454 e. The van der Waals surface area contributed by atoms with Gasteiger partial charge in [0.2, 0.25) is 16.8 Å². The monoisotopic (exact) mass is 799 g/mol. The number of fused-ring (bicyclic) bond motifs is 2. The van der Waals surface area contributed by atoms with Crippen molar-refractivity contribution in [1.82, 2.24) is 9.62 Å². The van der Waals surface area contributed by atoms with Crippen molar-refractivity contribution in [3.8, 4) is 17.2 Å². The van der Waals surface area contributed by atoms with E-state index in [1.807, 2.05) is 44.2 Å². The number of nitrogens with zero attached hydrogens (tertiary/aromatic N) is 2. The van der Waals surface area contributed by atoms with Gasteiger partial charge in [0.15, 0.2) is 17.8 Å². The standard InChI is InChI=1S/C38H45N3O14S/c1-38(2,16-6-17-50-37(44)54-27-11-9-26(10-12-27)41(45)46)23-40(56(47,48)28-13-14-32-33(20-28)53-24-52-32)21-31(42)30(19-25-7-4-3-5-8-25)39-36(43)55-34-22-51-35-29(34)15-18-49-35/h3-5,7-14,20,29-31,34-35,42H,6,15-19,21-24H2,1-2H3,(H,39,43). The molecule has 3 heterocycles. The van der Waals surface area contributed by atoms with Crippen molar-refractivity contribution in [2.45, 2.75) is 69.0 Å². The quantitative estimate of drug-likeness (QED) is 0.0618. The van der Waals surface area contributed by atoms with Crippen molar-refractivity contribution >= 4 is 28.0 Å². The molecule has 0 aromatic heterocycles. The van der Waals surface area contributed by atoms with Gasteiger partial charge in [-0.1, -0.05) is 44.2 Å². The van der Waals surface area contributed by atoms with E-state index in [0.717, 1.165) is 5.56 Å². The minimum atomic E-state index is -4.29. The number of non-ortho nitro benzene ring substituents is 1. The average Bonchev–Trinajstić information content (AvgIpc) is 3.92. The molecule has 302 valence electrons. The summed E-state index contributed by atoms with van der Waals surface area (Å²) in [4.78, 5) is 35.8. The number of amides is 1. The van der Waals surface area contributed by atoms with Gasteiger partial charge >= 0.3 is 12.2 Å². The Kier molecular flexibility index (Phi) is 13.0. The van der Waals surface area contributed by atoms with E-state index in [9.17, 15) is 33.2 Å². The van der Waals surface area contributed by atoms with E-state index in [2.05, 4.69) is 5.32 Å². The van der Waals surface area contributed by atoms with Crippen molar-refractivity contribution in [3.63, 3.8) is 0 Å². The highest BCUT2D eigenvalue weighted by Crippen LogP contribution is 2.36. The first-order valence-corrected chi connectivity index (χ1v) is 19.6. The first-order chi connectivity index (χ1) is 26.8. The van der Waals surface area contributed by atoms with Crippen LogP contribution in [0.2, 0.25) is 0 Å². The maximum Gasteiger partial charge on any atom is 0.513 e. The highest BCUT2D eigenvalue weighted by atomic mass is 32.2. The molecule has 3 aliphatic rings. The van der Waals surface area contributed by atoms with Crippen LogP contribution in [0.5, 0.6) is 17.2 Å². The maximum atomic E-state index is 14.4. The lowest BCUT2D eigenvalue weighted by Gasteiger charge is -2.35. The molecule has 3 aromatic rings. The SMILES string of the molecule is CC(C)(CCCOC(=O)Oc1ccc([N+](=O)[O-])cc1)CN(CC(O)C(Cc1ccccc1)NC(=O)OC1COC2OCCC12)S(=O)(=O)c1ccc2c(c1)OCO2. The number of aliphatic hydroxyl groups is 1. The topological polar surface area (TPSA) is 212 Å². The van der Waals surface area contributed by atoms with E-state index in [0.29, 0.717) is 31.6 Å². The van der Waals surface area contributed by atoms with Crippen LogP contribution >= 0.6 is 0 Å². The van der Waals surface area contributed by atoms with Gasteiger partial charge in [0.1, 0.15) is 11.9 Å². The first-order valence-electron chi connectivity index (χ1n) is 18.2. The Morgan fingerprint density at radius 2 is 1.80 bits per heavy atom. The van der Waals surface area contributed by atoms with E-state index >= 15 is 0 Å². The van der Waals surface area contributed by atoms with Gasteiger partial charge in [-0.25, -0.2) is 18.0 Å². The number of hydrogen-bond acceptors (Lipinski definition) is 14. The van der Waals surface area contributed by atoms with Crippen molar-refractivity contribution in [1.29, 1.82) is 0 Å². The average molecular weight is 800 g/mol. The van der Waals surface area contributed by atoms with Crippen molar-refractivity contribution < 1.29 is 61.2 Å². The molecule has 2 N–H and O–H groups in total. The van der Waals surface area contributed by atoms with Crippen LogP contribution in [-0.2, 0) is 35.4 Å². The van der Waals surface area contributed by atoms with Crippen LogP contribution in [0.4, 0.5) is 15.3 Å². The molecule has 18 heteroatoms. The predicted molar refractivity (Wildman–Crippen MR) is 197 cm³/mol. The van der Waals surface area contributed by atoms with Crippen LogP contribution in [0.15, 0.2) is 77.7 Å². The predicted octanol–water partition coefficient (Wildman–Crippen LogP) is 4.80. The summed E-state index contributed by atoms with van der Waals surface area (Å²) in [5, 5.41) is 25.5. The van der Waals surface area contributed by atoms with E-state index < -0.39 is 63.7 Å². The number of benzene rings is 3. The molecule has 2 fully saturated rings. The van der Waals surface area contributed by atoms with E-state index in [-0.39, 0.29) is 61.0 Å². The first kappa shape index (κ1) is 40.6. The molecule has 3 aliphatic heterocycles. The highest BCUT2D eigenvalue weighted by molar-refractivity contribution is 7.89. The number of sulfonamides is 1. The van der Waals surface area contributed by atoms with Crippen LogP contribution in [0, 0.1) is 21.4 Å². The molecule has 0 aliphatic carbocycles. The molecule has 0 bridgehead atoms. The summed E-state index contributed by atoms with van der Waals surface area (Å²) >= 11 is 0. The lowest BCUT2D eigenvalue weighted by molar-refractivity contribution is -0.384. The molecule has 1 amide bonds. The van der Waals surface area contributed by atoms with Gasteiger partial charge in [-0.15, -0.1) is 0 Å². The molecule has 56 heavy (non-hydrogen) atoms. The molecule has 5 unspecified atom stereocenters. The number of nitro groups is 1. The highest BCUT2D eigenvalue weighted by Gasteiger charge is 2.44. The van der Waals surface area contributed by atoms with Crippen molar-refractivity contribution in [3.05, 3.63) is 88.5 Å². The van der Waals surface area contributed by atoms with Gasteiger partial charge in [-0.3, -0.25) is 10.1 Å².